The minimum atomic E-state index is 0.318. The first-order valence-electron chi connectivity index (χ1n) is 7.84. The molecule has 0 amide bonds. The Morgan fingerprint density at radius 2 is 2.45 bits per heavy atom. The van der Waals surface area contributed by atoms with E-state index in [-0.39, 0.29) is 0 Å². The van der Waals surface area contributed by atoms with Gasteiger partial charge in [-0.25, -0.2) is 4.98 Å². The van der Waals surface area contributed by atoms with Crippen LogP contribution in [0.5, 0.6) is 0 Å². The number of hydrogen-bond donors (Lipinski definition) is 3. The lowest BCUT2D eigenvalue weighted by Crippen LogP contribution is -2.41. The van der Waals surface area contributed by atoms with Gasteiger partial charge in [0.25, 0.3) is 0 Å². The number of guanidine groups is 1. The van der Waals surface area contributed by atoms with Gasteiger partial charge in [0.15, 0.2) is 5.96 Å². The topological polar surface area (TPSA) is 74.3 Å². The van der Waals surface area contributed by atoms with Gasteiger partial charge in [-0.3, -0.25) is 4.99 Å². The predicted molar refractivity (Wildman–Crippen MR) is 88.1 cm³/mol. The Morgan fingerprint density at radius 1 is 1.50 bits per heavy atom. The second-order valence-corrected chi connectivity index (χ2v) is 5.48. The molecule has 6 nitrogen and oxygen atoms in total. The number of rotatable bonds is 5. The molecule has 1 atom stereocenters. The summed E-state index contributed by atoms with van der Waals surface area (Å²) in [5.41, 5.74) is 2.21. The molecule has 1 aliphatic heterocycles. The minimum absolute atomic E-state index is 0.318. The SMILES string of the molecule is CN=C(NCCc1c[nH]c2ncccc12)NCC1CCCO1. The van der Waals surface area contributed by atoms with Crippen molar-refractivity contribution in [3.8, 4) is 0 Å². The summed E-state index contributed by atoms with van der Waals surface area (Å²) in [6, 6.07) is 4.06. The van der Waals surface area contributed by atoms with Gasteiger partial charge in [0.05, 0.1) is 6.10 Å². The normalized spacial score (nSPS) is 18.8. The highest BCUT2D eigenvalue weighted by Crippen LogP contribution is 2.15. The van der Waals surface area contributed by atoms with E-state index in [1.807, 2.05) is 12.3 Å². The standard InChI is InChI=1S/C16H23N5O/c1-17-16(21-11-13-4-3-9-22-13)19-8-6-12-10-20-15-14(12)5-2-7-18-15/h2,5,7,10,13H,3-4,6,8-9,11H2,1H3,(H,18,20)(H2,17,19,21). The molecule has 0 aromatic carbocycles. The maximum atomic E-state index is 5.60. The number of fused-ring (bicyclic) bond motifs is 1. The fourth-order valence-corrected chi connectivity index (χ4v) is 2.77. The van der Waals surface area contributed by atoms with Crippen molar-refractivity contribution in [2.75, 3.05) is 26.7 Å². The molecule has 118 valence electrons. The van der Waals surface area contributed by atoms with E-state index in [0.717, 1.165) is 50.6 Å². The molecular formula is C16H23N5O. The Balaban J connectivity index is 1.46. The Kier molecular flexibility index (Phi) is 4.90. The van der Waals surface area contributed by atoms with Crippen LogP contribution < -0.4 is 10.6 Å². The molecule has 1 unspecified atom stereocenters. The molecule has 0 spiro atoms. The highest BCUT2D eigenvalue weighted by molar-refractivity contribution is 5.81. The van der Waals surface area contributed by atoms with Crippen LogP contribution in [0.3, 0.4) is 0 Å². The summed E-state index contributed by atoms with van der Waals surface area (Å²) in [5.74, 6) is 0.827. The van der Waals surface area contributed by atoms with Crippen molar-refractivity contribution in [3.63, 3.8) is 0 Å². The van der Waals surface area contributed by atoms with Gasteiger partial charge in [-0.15, -0.1) is 0 Å². The largest absolute Gasteiger partial charge is 0.376 e. The molecule has 6 heteroatoms. The molecule has 0 radical (unpaired) electrons. The van der Waals surface area contributed by atoms with Gasteiger partial charge in [-0.05, 0) is 37.0 Å². The van der Waals surface area contributed by atoms with E-state index < -0.39 is 0 Å². The molecule has 22 heavy (non-hydrogen) atoms. The second-order valence-electron chi connectivity index (χ2n) is 5.48. The fourth-order valence-electron chi connectivity index (χ4n) is 2.77. The van der Waals surface area contributed by atoms with Crippen LogP contribution in [0.25, 0.3) is 11.0 Å². The summed E-state index contributed by atoms with van der Waals surface area (Å²) in [4.78, 5) is 11.8. The molecule has 1 fully saturated rings. The molecule has 0 aliphatic carbocycles. The van der Waals surface area contributed by atoms with E-state index in [9.17, 15) is 0 Å². The van der Waals surface area contributed by atoms with Gasteiger partial charge in [0.2, 0.25) is 0 Å². The molecule has 0 bridgehead atoms. The van der Waals surface area contributed by atoms with Gasteiger partial charge in [0.1, 0.15) is 5.65 Å². The average Bonchev–Trinajstić information content (AvgIpc) is 3.20. The van der Waals surface area contributed by atoms with Crippen LogP contribution in [-0.2, 0) is 11.2 Å². The van der Waals surface area contributed by atoms with E-state index in [1.54, 1.807) is 13.2 Å². The first kappa shape index (κ1) is 14.8. The van der Waals surface area contributed by atoms with E-state index in [2.05, 4.69) is 31.7 Å². The zero-order chi connectivity index (χ0) is 15.2. The minimum Gasteiger partial charge on any atom is -0.376 e. The van der Waals surface area contributed by atoms with Crippen LogP contribution in [-0.4, -0.2) is 48.8 Å². The number of pyridine rings is 1. The molecule has 1 saturated heterocycles. The summed E-state index contributed by atoms with van der Waals surface area (Å²) in [7, 11) is 1.79. The number of hydrogen-bond acceptors (Lipinski definition) is 3. The van der Waals surface area contributed by atoms with Crippen molar-refractivity contribution in [1.82, 2.24) is 20.6 Å². The summed E-state index contributed by atoms with van der Waals surface area (Å²) < 4.78 is 5.60. The Bertz CT molecular complexity index is 630. The zero-order valence-corrected chi connectivity index (χ0v) is 12.9. The molecule has 0 saturated carbocycles. The lowest BCUT2D eigenvalue weighted by molar-refractivity contribution is 0.114. The lowest BCUT2D eigenvalue weighted by atomic mass is 10.1. The van der Waals surface area contributed by atoms with E-state index >= 15 is 0 Å². The maximum absolute atomic E-state index is 5.60. The van der Waals surface area contributed by atoms with Gasteiger partial charge >= 0.3 is 0 Å². The maximum Gasteiger partial charge on any atom is 0.191 e. The number of nitrogens with zero attached hydrogens (tertiary/aromatic N) is 2. The quantitative estimate of drug-likeness (QED) is 0.577. The van der Waals surface area contributed by atoms with Crippen molar-refractivity contribution in [2.45, 2.75) is 25.4 Å². The molecule has 3 N–H and O–H groups in total. The molecule has 3 heterocycles. The third-order valence-electron chi connectivity index (χ3n) is 3.97. The summed E-state index contributed by atoms with van der Waals surface area (Å²) in [5, 5.41) is 7.85. The summed E-state index contributed by atoms with van der Waals surface area (Å²) in [6.45, 7) is 2.52. The van der Waals surface area contributed by atoms with Crippen LogP contribution in [0.4, 0.5) is 0 Å². The van der Waals surface area contributed by atoms with Gasteiger partial charge in [-0.2, -0.15) is 0 Å². The first-order valence-corrected chi connectivity index (χ1v) is 7.84. The number of nitrogens with one attached hydrogen (secondary N) is 3. The molecular weight excluding hydrogens is 278 g/mol. The number of aliphatic imine (C=N–C) groups is 1. The van der Waals surface area contributed by atoms with Crippen LogP contribution in [0.1, 0.15) is 18.4 Å². The molecule has 2 aromatic heterocycles. The monoisotopic (exact) mass is 301 g/mol. The number of aromatic amines is 1. The Hall–Kier alpha value is -2.08. The number of ether oxygens (including phenoxy) is 1. The fraction of sp³-hybridized carbons (Fsp3) is 0.500. The highest BCUT2D eigenvalue weighted by atomic mass is 16.5. The Labute approximate surface area is 130 Å². The van der Waals surface area contributed by atoms with Crippen LogP contribution in [0.15, 0.2) is 29.5 Å². The van der Waals surface area contributed by atoms with Crippen LogP contribution in [0.2, 0.25) is 0 Å². The first-order chi connectivity index (χ1) is 10.9. The smallest absolute Gasteiger partial charge is 0.191 e. The molecule has 3 rings (SSSR count). The summed E-state index contributed by atoms with van der Waals surface area (Å²) in [6.07, 6.45) is 7.36. The number of H-pyrrole nitrogens is 1. The molecule has 1 aliphatic rings. The van der Waals surface area contributed by atoms with Crippen molar-refractivity contribution in [2.24, 2.45) is 4.99 Å². The highest BCUT2D eigenvalue weighted by Gasteiger charge is 2.15. The number of aromatic nitrogens is 2. The van der Waals surface area contributed by atoms with Crippen molar-refractivity contribution >= 4 is 17.0 Å². The lowest BCUT2D eigenvalue weighted by Gasteiger charge is -2.14. The van der Waals surface area contributed by atoms with Crippen molar-refractivity contribution in [1.29, 1.82) is 0 Å². The summed E-state index contributed by atoms with van der Waals surface area (Å²) >= 11 is 0. The van der Waals surface area contributed by atoms with E-state index in [0.29, 0.717) is 6.10 Å². The zero-order valence-electron chi connectivity index (χ0n) is 12.9. The van der Waals surface area contributed by atoms with Gasteiger partial charge in [0, 0.05) is 44.5 Å². The van der Waals surface area contributed by atoms with Crippen molar-refractivity contribution < 1.29 is 4.74 Å². The van der Waals surface area contributed by atoms with Crippen LogP contribution in [0, 0.1) is 0 Å². The van der Waals surface area contributed by atoms with Crippen LogP contribution >= 0.6 is 0 Å². The van der Waals surface area contributed by atoms with Gasteiger partial charge < -0.3 is 20.4 Å². The van der Waals surface area contributed by atoms with E-state index in [4.69, 9.17) is 4.74 Å². The van der Waals surface area contributed by atoms with E-state index in [1.165, 1.54) is 10.9 Å². The van der Waals surface area contributed by atoms with Gasteiger partial charge in [-0.1, -0.05) is 0 Å². The second kappa shape index (κ2) is 7.26. The third-order valence-corrected chi connectivity index (χ3v) is 3.97. The predicted octanol–water partition coefficient (Wildman–Crippen LogP) is 1.45. The average molecular weight is 301 g/mol. The third kappa shape index (κ3) is 3.57. The van der Waals surface area contributed by atoms with Crippen molar-refractivity contribution in [3.05, 3.63) is 30.1 Å². The Morgan fingerprint density at radius 3 is 3.27 bits per heavy atom. The molecule has 2 aromatic rings.